The van der Waals surface area contributed by atoms with Crippen LogP contribution in [0.5, 0.6) is 11.5 Å². The summed E-state index contributed by atoms with van der Waals surface area (Å²) < 4.78 is 18.4. The van der Waals surface area contributed by atoms with Crippen molar-refractivity contribution >= 4 is 23.5 Å². The molecule has 4 rings (SSSR count). The number of aromatic nitrogens is 4. The molecule has 3 aromatic rings. The molecule has 2 heterocycles. The fourth-order valence-corrected chi connectivity index (χ4v) is 3.77. The molecule has 2 aromatic carbocycles. The average molecular weight is 468 g/mol. The first-order valence-electron chi connectivity index (χ1n) is 10.1. The van der Waals surface area contributed by atoms with Gasteiger partial charge in [-0.3, -0.25) is 0 Å². The summed E-state index contributed by atoms with van der Waals surface area (Å²) in [4.78, 5) is 12.9. The lowest BCUT2D eigenvalue weighted by Crippen LogP contribution is -2.29. The molecule has 10 heteroatoms. The molecule has 0 radical (unpaired) electrons. The van der Waals surface area contributed by atoms with E-state index in [0.717, 1.165) is 11.1 Å². The van der Waals surface area contributed by atoms with Crippen molar-refractivity contribution < 1.29 is 19.0 Å². The fraction of sp³-hybridized carbons (Fsp3) is 0.217. The van der Waals surface area contributed by atoms with Crippen molar-refractivity contribution in [3.63, 3.8) is 0 Å². The summed E-state index contributed by atoms with van der Waals surface area (Å²) in [5.74, 6) is 0.965. The van der Waals surface area contributed by atoms with E-state index in [0.29, 0.717) is 40.3 Å². The van der Waals surface area contributed by atoms with Crippen molar-refractivity contribution in [3.8, 4) is 11.5 Å². The zero-order valence-corrected chi connectivity index (χ0v) is 18.9. The molecule has 0 amide bonds. The summed E-state index contributed by atoms with van der Waals surface area (Å²) in [5, 5.41) is 15.5. The Morgan fingerprint density at radius 3 is 2.88 bits per heavy atom. The minimum absolute atomic E-state index is 0.0877. The number of methoxy groups -OCH3 is 1. The highest BCUT2D eigenvalue weighted by molar-refractivity contribution is 6.30. The van der Waals surface area contributed by atoms with Crippen molar-refractivity contribution in [2.24, 2.45) is 0 Å². The summed E-state index contributed by atoms with van der Waals surface area (Å²) in [6.07, 6.45) is 1.51. The molecule has 1 aliphatic rings. The summed E-state index contributed by atoms with van der Waals surface area (Å²) in [5.41, 5.74) is 2.63. The first-order valence-corrected chi connectivity index (χ1v) is 10.5. The number of esters is 1. The van der Waals surface area contributed by atoms with Crippen LogP contribution in [0.15, 0.2) is 66.4 Å². The van der Waals surface area contributed by atoms with Gasteiger partial charge in [-0.25, -0.2) is 4.79 Å². The number of hydrogen-bond donors (Lipinski definition) is 1. The zero-order valence-electron chi connectivity index (χ0n) is 18.1. The Morgan fingerprint density at radius 2 is 2.12 bits per heavy atom. The van der Waals surface area contributed by atoms with Crippen LogP contribution in [0.3, 0.4) is 0 Å². The number of rotatable bonds is 8. The second kappa shape index (κ2) is 9.74. The second-order valence-corrected chi connectivity index (χ2v) is 7.67. The molecule has 0 bridgehead atoms. The van der Waals surface area contributed by atoms with Gasteiger partial charge in [0.15, 0.2) is 11.5 Å². The number of hydrogen-bond acceptors (Lipinski definition) is 8. The maximum atomic E-state index is 12.9. The van der Waals surface area contributed by atoms with Gasteiger partial charge < -0.3 is 19.5 Å². The Hall–Kier alpha value is -3.85. The number of ether oxygens (including phenoxy) is 3. The molecule has 9 nitrogen and oxygen atoms in total. The molecule has 1 atom stereocenters. The first-order chi connectivity index (χ1) is 16.0. The highest BCUT2D eigenvalue weighted by Gasteiger charge is 2.35. The van der Waals surface area contributed by atoms with Crippen molar-refractivity contribution in [3.05, 3.63) is 82.5 Å². The molecular weight excluding hydrogens is 446 g/mol. The van der Waals surface area contributed by atoms with Gasteiger partial charge >= 0.3 is 5.97 Å². The van der Waals surface area contributed by atoms with Gasteiger partial charge in [-0.2, -0.15) is 4.68 Å². The monoisotopic (exact) mass is 467 g/mol. The third-order valence-corrected chi connectivity index (χ3v) is 5.29. The van der Waals surface area contributed by atoms with Crippen LogP contribution >= 0.6 is 11.6 Å². The Bertz CT molecular complexity index is 1220. The zero-order chi connectivity index (χ0) is 23.4. The molecule has 0 spiro atoms. The molecule has 0 saturated carbocycles. The number of nitrogens with zero attached hydrogens (tertiary/aromatic N) is 4. The van der Waals surface area contributed by atoms with Crippen LogP contribution in [-0.4, -0.2) is 39.9 Å². The van der Waals surface area contributed by atoms with E-state index in [1.165, 1.54) is 10.8 Å². The Morgan fingerprint density at radius 1 is 1.27 bits per heavy atom. The highest BCUT2D eigenvalue weighted by Crippen LogP contribution is 2.38. The van der Waals surface area contributed by atoms with E-state index in [4.69, 9.17) is 25.8 Å². The first kappa shape index (κ1) is 22.3. The number of anilines is 1. The normalized spacial score (nSPS) is 14.8. The number of fused-ring (bicyclic) bond motifs is 1. The molecule has 0 aliphatic carbocycles. The Labute approximate surface area is 195 Å². The maximum Gasteiger partial charge on any atom is 0.338 e. The van der Waals surface area contributed by atoms with Gasteiger partial charge in [0.2, 0.25) is 5.95 Å². The minimum Gasteiger partial charge on any atom is -0.493 e. The number of tetrazole rings is 1. The molecule has 0 saturated heterocycles. The van der Waals surface area contributed by atoms with Crippen LogP contribution < -0.4 is 14.8 Å². The largest absolute Gasteiger partial charge is 0.493 e. The second-order valence-electron chi connectivity index (χ2n) is 7.23. The predicted molar refractivity (Wildman–Crippen MR) is 122 cm³/mol. The van der Waals surface area contributed by atoms with Gasteiger partial charge in [0.1, 0.15) is 19.3 Å². The van der Waals surface area contributed by atoms with Crippen LogP contribution in [0, 0.1) is 0 Å². The topological polar surface area (TPSA) is 100 Å². The summed E-state index contributed by atoms with van der Waals surface area (Å²) in [6.45, 7) is 5.77. The fourth-order valence-electron chi connectivity index (χ4n) is 3.56. The lowest BCUT2D eigenvalue weighted by molar-refractivity contribution is -0.138. The average Bonchev–Trinajstić information content (AvgIpc) is 3.28. The maximum absolute atomic E-state index is 12.9. The third kappa shape index (κ3) is 4.68. The summed E-state index contributed by atoms with van der Waals surface area (Å²) in [7, 11) is 1.55. The smallest absolute Gasteiger partial charge is 0.338 e. The van der Waals surface area contributed by atoms with Crippen molar-refractivity contribution in [1.82, 2.24) is 20.2 Å². The minimum atomic E-state index is -0.621. The van der Waals surface area contributed by atoms with E-state index in [1.807, 2.05) is 24.3 Å². The van der Waals surface area contributed by atoms with Gasteiger partial charge in [0, 0.05) is 10.7 Å². The van der Waals surface area contributed by atoms with Gasteiger partial charge in [0.25, 0.3) is 0 Å². The van der Waals surface area contributed by atoms with E-state index < -0.39 is 12.0 Å². The lowest BCUT2D eigenvalue weighted by atomic mass is 9.95. The van der Waals surface area contributed by atoms with E-state index in [-0.39, 0.29) is 6.61 Å². The van der Waals surface area contributed by atoms with Crippen LogP contribution in [0.1, 0.15) is 24.1 Å². The SMILES string of the molecule is C=CCOC(=O)C1=C(C)Nc2nnnn2C1c1ccc(OCc2cccc(Cl)c2)c(OC)c1. The molecule has 0 fully saturated rings. The standard InChI is InChI=1S/C23H22ClN5O4/c1-4-10-32-22(30)20-14(2)25-23-26-27-28-29(23)21(20)16-8-9-18(19(12-16)31-3)33-13-15-6-5-7-17(24)11-15/h4-9,11-12,21H,1,10,13H2,2-3H3,(H,25,26,28). The number of benzene rings is 2. The van der Waals surface area contributed by atoms with Crippen molar-refractivity contribution in [2.75, 3.05) is 19.0 Å². The number of carbonyl (C=O) groups excluding carboxylic acids is 1. The van der Waals surface area contributed by atoms with E-state index in [2.05, 4.69) is 27.4 Å². The summed E-state index contributed by atoms with van der Waals surface area (Å²) in [6, 6.07) is 12.2. The van der Waals surface area contributed by atoms with Crippen LogP contribution in [0.2, 0.25) is 5.02 Å². The quantitative estimate of drug-likeness (QED) is 0.393. The molecule has 1 N–H and O–H groups in total. The Balaban J connectivity index is 1.67. The number of halogens is 1. The van der Waals surface area contributed by atoms with E-state index >= 15 is 0 Å². The Kier molecular flexibility index (Phi) is 6.60. The molecule has 33 heavy (non-hydrogen) atoms. The highest BCUT2D eigenvalue weighted by atomic mass is 35.5. The van der Waals surface area contributed by atoms with E-state index in [1.54, 1.807) is 32.2 Å². The number of nitrogens with one attached hydrogen (secondary N) is 1. The summed E-state index contributed by atoms with van der Waals surface area (Å²) >= 11 is 6.06. The van der Waals surface area contributed by atoms with Crippen molar-refractivity contribution in [2.45, 2.75) is 19.6 Å². The molecule has 1 unspecified atom stereocenters. The molecular formula is C23H22ClN5O4. The molecule has 1 aliphatic heterocycles. The molecule has 170 valence electrons. The van der Waals surface area contributed by atoms with Gasteiger partial charge in [-0.1, -0.05) is 47.6 Å². The lowest BCUT2D eigenvalue weighted by Gasteiger charge is -2.27. The van der Waals surface area contributed by atoms with Crippen molar-refractivity contribution in [1.29, 1.82) is 0 Å². The van der Waals surface area contributed by atoms with Gasteiger partial charge in [0.05, 0.1) is 12.7 Å². The predicted octanol–water partition coefficient (Wildman–Crippen LogP) is 3.93. The van der Waals surface area contributed by atoms with Crippen LogP contribution in [0.4, 0.5) is 5.95 Å². The van der Waals surface area contributed by atoms with Crippen LogP contribution in [0.25, 0.3) is 0 Å². The van der Waals surface area contributed by atoms with Gasteiger partial charge in [-0.05, 0) is 52.7 Å². The number of carbonyl (C=O) groups is 1. The third-order valence-electron chi connectivity index (χ3n) is 5.05. The van der Waals surface area contributed by atoms with Crippen LogP contribution in [-0.2, 0) is 16.1 Å². The molecule has 1 aromatic heterocycles. The number of allylic oxidation sites excluding steroid dienone is 1. The van der Waals surface area contributed by atoms with E-state index in [9.17, 15) is 4.79 Å². The van der Waals surface area contributed by atoms with Gasteiger partial charge in [-0.15, -0.1) is 0 Å².